The van der Waals surface area contributed by atoms with Crippen LogP contribution in [0.15, 0.2) is 28.7 Å². The van der Waals surface area contributed by atoms with Gasteiger partial charge in [0.15, 0.2) is 22.7 Å². The van der Waals surface area contributed by atoms with Gasteiger partial charge in [-0.3, -0.25) is 0 Å². The third-order valence-electron chi connectivity index (χ3n) is 4.78. The van der Waals surface area contributed by atoms with E-state index in [4.69, 9.17) is 13.9 Å². The minimum atomic E-state index is -0.599. The molecular formula is C20H20F2O3. The van der Waals surface area contributed by atoms with Gasteiger partial charge in [-0.25, -0.2) is 0 Å². The van der Waals surface area contributed by atoms with Crippen molar-refractivity contribution in [3.63, 3.8) is 0 Å². The van der Waals surface area contributed by atoms with Gasteiger partial charge in [0.05, 0.1) is 13.2 Å². The lowest BCUT2D eigenvalue weighted by Gasteiger charge is -2.25. The van der Waals surface area contributed by atoms with E-state index in [1.807, 2.05) is 6.92 Å². The Bertz CT molecular complexity index is 912. The molecule has 4 rings (SSSR count). The molecule has 0 amide bonds. The van der Waals surface area contributed by atoms with Gasteiger partial charge < -0.3 is 13.9 Å². The van der Waals surface area contributed by atoms with Crippen LogP contribution in [0.5, 0.6) is 11.5 Å². The maximum absolute atomic E-state index is 14.7. The summed E-state index contributed by atoms with van der Waals surface area (Å²) in [5.74, 6) is -0.403. The Labute approximate surface area is 144 Å². The smallest absolute Gasteiger partial charge is 0.208 e. The summed E-state index contributed by atoms with van der Waals surface area (Å²) in [4.78, 5) is 0. The van der Waals surface area contributed by atoms with E-state index in [0.717, 1.165) is 19.3 Å². The fourth-order valence-corrected chi connectivity index (χ4v) is 3.10. The number of halogens is 2. The first-order chi connectivity index (χ1) is 12.2. The number of furan rings is 1. The van der Waals surface area contributed by atoms with Crippen molar-refractivity contribution in [2.24, 2.45) is 5.92 Å². The molecule has 0 bridgehead atoms. The van der Waals surface area contributed by atoms with E-state index < -0.39 is 11.6 Å². The molecule has 1 saturated carbocycles. The Hall–Kier alpha value is -2.30. The molecule has 0 radical (unpaired) electrons. The van der Waals surface area contributed by atoms with Gasteiger partial charge in [0, 0.05) is 10.8 Å². The molecule has 1 fully saturated rings. The summed E-state index contributed by atoms with van der Waals surface area (Å²) in [5.41, 5.74) is 0.0336. The van der Waals surface area contributed by atoms with Crippen LogP contribution in [0.1, 0.15) is 32.6 Å². The minimum absolute atomic E-state index is 0.0126. The van der Waals surface area contributed by atoms with Crippen LogP contribution in [-0.2, 0) is 0 Å². The lowest BCUT2D eigenvalue weighted by atomic mass is 9.86. The second kappa shape index (κ2) is 6.54. The van der Waals surface area contributed by atoms with E-state index in [-0.39, 0.29) is 22.7 Å². The largest absolute Gasteiger partial charge is 0.490 e. The van der Waals surface area contributed by atoms with E-state index in [0.29, 0.717) is 29.9 Å². The number of rotatable bonds is 6. The third-order valence-corrected chi connectivity index (χ3v) is 4.78. The highest BCUT2D eigenvalue weighted by Gasteiger charge is 2.22. The van der Waals surface area contributed by atoms with Crippen molar-refractivity contribution in [3.8, 4) is 11.5 Å². The molecule has 1 heterocycles. The fourth-order valence-electron chi connectivity index (χ4n) is 3.10. The Kier molecular flexibility index (Phi) is 4.24. The van der Waals surface area contributed by atoms with Crippen LogP contribution >= 0.6 is 0 Å². The van der Waals surface area contributed by atoms with Gasteiger partial charge in [-0.1, -0.05) is 13.3 Å². The molecule has 2 aromatic carbocycles. The Morgan fingerprint density at radius 1 is 0.960 bits per heavy atom. The molecule has 0 aliphatic heterocycles. The van der Waals surface area contributed by atoms with Crippen LogP contribution in [-0.4, -0.2) is 13.2 Å². The van der Waals surface area contributed by atoms with Crippen molar-refractivity contribution >= 4 is 21.9 Å². The number of hydrogen-bond acceptors (Lipinski definition) is 3. The molecule has 3 aromatic rings. The Morgan fingerprint density at radius 2 is 1.56 bits per heavy atom. The SMILES string of the molecule is CCCOc1ccc2c(oc3c(F)c(OCC4CCC4)ccc32)c1F. The topological polar surface area (TPSA) is 31.6 Å². The maximum Gasteiger partial charge on any atom is 0.208 e. The molecule has 1 aliphatic rings. The van der Waals surface area contributed by atoms with Gasteiger partial charge in [0.2, 0.25) is 11.6 Å². The zero-order valence-electron chi connectivity index (χ0n) is 14.1. The average molecular weight is 346 g/mol. The summed E-state index contributed by atoms with van der Waals surface area (Å²) < 4.78 is 45.8. The van der Waals surface area contributed by atoms with Gasteiger partial charge in [-0.05, 0) is 49.4 Å². The summed E-state index contributed by atoms with van der Waals surface area (Å²) >= 11 is 0. The molecule has 0 atom stereocenters. The number of fused-ring (bicyclic) bond motifs is 3. The summed E-state index contributed by atoms with van der Waals surface area (Å²) in [5, 5.41) is 1.06. The van der Waals surface area contributed by atoms with Crippen molar-refractivity contribution in [1.82, 2.24) is 0 Å². The molecule has 25 heavy (non-hydrogen) atoms. The van der Waals surface area contributed by atoms with Crippen LogP contribution in [0.2, 0.25) is 0 Å². The molecule has 1 aliphatic carbocycles. The van der Waals surface area contributed by atoms with Crippen molar-refractivity contribution in [1.29, 1.82) is 0 Å². The molecule has 0 spiro atoms. The zero-order chi connectivity index (χ0) is 17.4. The third kappa shape index (κ3) is 2.81. The van der Waals surface area contributed by atoms with E-state index in [2.05, 4.69) is 0 Å². The molecule has 0 N–H and O–H groups in total. The highest BCUT2D eigenvalue weighted by atomic mass is 19.1. The summed E-state index contributed by atoms with van der Waals surface area (Å²) in [6, 6.07) is 6.56. The second-order valence-corrected chi connectivity index (χ2v) is 6.57. The molecule has 5 heteroatoms. The standard InChI is InChI=1S/C20H20F2O3/c1-2-10-23-15-8-6-13-14-7-9-16(24-11-12-4-3-5-12)18(22)20(14)25-19(13)17(15)21/h6-9,12H,2-5,10-11H2,1H3. The van der Waals surface area contributed by atoms with Crippen LogP contribution in [0.3, 0.4) is 0 Å². The first-order valence-electron chi connectivity index (χ1n) is 8.78. The lowest BCUT2D eigenvalue weighted by molar-refractivity contribution is 0.175. The van der Waals surface area contributed by atoms with Gasteiger partial charge in [-0.2, -0.15) is 8.78 Å². The highest BCUT2D eigenvalue weighted by Crippen LogP contribution is 2.38. The van der Waals surface area contributed by atoms with Gasteiger partial charge in [-0.15, -0.1) is 0 Å². The minimum Gasteiger partial charge on any atom is -0.490 e. The quantitative estimate of drug-likeness (QED) is 0.562. The van der Waals surface area contributed by atoms with E-state index in [1.165, 1.54) is 6.42 Å². The van der Waals surface area contributed by atoms with Crippen molar-refractivity contribution < 1.29 is 22.7 Å². The average Bonchev–Trinajstić information content (AvgIpc) is 2.95. The van der Waals surface area contributed by atoms with E-state index in [9.17, 15) is 8.78 Å². The molecule has 3 nitrogen and oxygen atoms in total. The number of hydrogen-bond donors (Lipinski definition) is 0. The lowest BCUT2D eigenvalue weighted by Crippen LogP contribution is -2.19. The van der Waals surface area contributed by atoms with Crippen LogP contribution in [0.4, 0.5) is 8.78 Å². The van der Waals surface area contributed by atoms with Crippen LogP contribution in [0.25, 0.3) is 21.9 Å². The zero-order valence-corrected chi connectivity index (χ0v) is 14.1. The normalized spacial score (nSPS) is 14.8. The first kappa shape index (κ1) is 16.2. The molecule has 0 saturated heterocycles. The van der Waals surface area contributed by atoms with Crippen molar-refractivity contribution in [3.05, 3.63) is 35.9 Å². The highest BCUT2D eigenvalue weighted by molar-refractivity contribution is 6.06. The molecule has 0 unspecified atom stereocenters. The summed E-state index contributed by atoms with van der Waals surface area (Å²) in [7, 11) is 0. The van der Waals surface area contributed by atoms with Crippen LogP contribution < -0.4 is 9.47 Å². The number of benzene rings is 2. The van der Waals surface area contributed by atoms with E-state index in [1.54, 1.807) is 24.3 Å². The van der Waals surface area contributed by atoms with E-state index >= 15 is 0 Å². The molecular weight excluding hydrogens is 326 g/mol. The second-order valence-electron chi connectivity index (χ2n) is 6.57. The Balaban J connectivity index is 1.72. The fraction of sp³-hybridized carbons (Fsp3) is 0.400. The van der Waals surface area contributed by atoms with Crippen molar-refractivity contribution in [2.75, 3.05) is 13.2 Å². The maximum atomic E-state index is 14.7. The van der Waals surface area contributed by atoms with Crippen LogP contribution in [0, 0.1) is 17.6 Å². The molecule has 132 valence electrons. The van der Waals surface area contributed by atoms with Gasteiger partial charge in [0.1, 0.15) is 0 Å². The monoisotopic (exact) mass is 346 g/mol. The number of ether oxygens (including phenoxy) is 2. The summed E-state index contributed by atoms with van der Waals surface area (Å²) in [6.07, 6.45) is 4.23. The Morgan fingerprint density at radius 3 is 2.08 bits per heavy atom. The first-order valence-corrected chi connectivity index (χ1v) is 8.78. The predicted octanol–water partition coefficient (Wildman–Crippen LogP) is 5.83. The summed E-state index contributed by atoms with van der Waals surface area (Å²) in [6.45, 7) is 2.86. The predicted molar refractivity (Wildman–Crippen MR) is 92.3 cm³/mol. The van der Waals surface area contributed by atoms with Gasteiger partial charge in [0.25, 0.3) is 0 Å². The van der Waals surface area contributed by atoms with Gasteiger partial charge >= 0.3 is 0 Å². The van der Waals surface area contributed by atoms with Crippen molar-refractivity contribution in [2.45, 2.75) is 32.6 Å². The molecule has 1 aromatic heterocycles.